The lowest BCUT2D eigenvalue weighted by molar-refractivity contribution is -0.277. The average molecular weight is 413 g/mol. The number of benzene rings is 1. The molecule has 9 heteroatoms. The van der Waals surface area contributed by atoms with Gasteiger partial charge < -0.3 is 40.0 Å². The second-order valence-electron chi connectivity index (χ2n) is 8.03. The maximum atomic E-state index is 11.4. The topological polar surface area (TPSA) is 138 Å². The molecule has 1 aliphatic rings. The summed E-state index contributed by atoms with van der Waals surface area (Å²) in [6.07, 6.45) is -6.58. The first-order valence-corrected chi connectivity index (χ1v) is 9.59. The first-order chi connectivity index (χ1) is 13.6. The van der Waals surface area contributed by atoms with Gasteiger partial charge in [0.1, 0.15) is 36.8 Å². The minimum absolute atomic E-state index is 0.103. The van der Waals surface area contributed by atoms with Crippen molar-refractivity contribution in [2.75, 3.05) is 11.9 Å². The van der Waals surface area contributed by atoms with Gasteiger partial charge >= 0.3 is 5.97 Å². The van der Waals surface area contributed by atoms with Crippen molar-refractivity contribution in [1.82, 2.24) is 0 Å². The SMILES string of the molecule is CCC(=O)OCc1ccc(OC2OC(CO)C(O)C(O)C2O)c(NC(C)(C)C)c1. The van der Waals surface area contributed by atoms with Crippen LogP contribution in [-0.2, 0) is 20.9 Å². The Morgan fingerprint density at radius 2 is 1.86 bits per heavy atom. The fourth-order valence-electron chi connectivity index (χ4n) is 2.83. The standard InChI is InChI=1S/C20H31NO8/c1-5-15(23)27-10-11-6-7-13(12(8-11)21-20(2,3)4)28-19-18(26)17(25)16(24)14(9-22)29-19/h6-8,14,16-19,21-22,24-26H,5,9-10H2,1-4H3. The number of hydrogen-bond acceptors (Lipinski definition) is 9. The molecular formula is C20H31NO8. The normalized spacial score (nSPS) is 27.4. The van der Waals surface area contributed by atoms with E-state index in [1.165, 1.54) is 0 Å². The highest BCUT2D eigenvalue weighted by molar-refractivity contribution is 5.69. The number of anilines is 1. The molecule has 2 rings (SSSR count). The highest BCUT2D eigenvalue weighted by atomic mass is 16.7. The predicted molar refractivity (Wildman–Crippen MR) is 104 cm³/mol. The Kier molecular flexibility index (Phi) is 7.84. The number of esters is 1. The fourth-order valence-corrected chi connectivity index (χ4v) is 2.83. The molecular weight excluding hydrogens is 382 g/mol. The summed E-state index contributed by atoms with van der Waals surface area (Å²) in [4.78, 5) is 11.4. The Bertz CT molecular complexity index is 688. The number of ether oxygens (including phenoxy) is 3. The fraction of sp³-hybridized carbons (Fsp3) is 0.650. The van der Waals surface area contributed by atoms with Crippen LogP contribution >= 0.6 is 0 Å². The van der Waals surface area contributed by atoms with E-state index in [9.17, 15) is 25.2 Å². The number of nitrogens with one attached hydrogen (secondary N) is 1. The quantitative estimate of drug-likeness (QED) is 0.405. The zero-order valence-corrected chi connectivity index (χ0v) is 17.2. The Hall–Kier alpha value is -1.91. The summed E-state index contributed by atoms with van der Waals surface area (Å²) in [6.45, 7) is 7.13. The van der Waals surface area contributed by atoms with Crippen LogP contribution in [0.3, 0.4) is 0 Å². The number of carbonyl (C=O) groups is 1. The highest BCUT2D eigenvalue weighted by Crippen LogP contribution is 2.32. The molecule has 0 spiro atoms. The van der Waals surface area contributed by atoms with Gasteiger partial charge in [0, 0.05) is 12.0 Å². The third-order valence-corrected chi connectivity index (χ3v) is 4.33. The molecule has 5 N–H and O–H groups in total. The maximum absolute atomic E-state index is 11.4. The van der Waals surface area contributed by atoms with Gasteiger partial charge in [-0.3, -0.25) is 4.79 Å². The maximum Gasteiger partial charge on any atom is 0.305 e. The Morgan fingerprint density at radius 1 is 1.17 bits per heavy atom. The molecule has 1 aromatic carbocycles. The van der Waals surface area contributed by atoms with Crippen LogP contribution in [-0.4, -0.2) is 69.2 Å². The van der Waals surface area contributed by atoms with Gasteiger partial charge in [0.2, 0.25) is 6.29 Å². The average Bonchev–Trinajstić information content (AvgIpc) is 2.66. The molecule has 0 saturated carbocycles. The van der Waals surface area contributed by atoms with Gasteiger partial charge in [-0.2, -0.15) is 0 Å². The first-order valence-electron chi connectivity index (χ1n) is 9.59. The van der Waals surface area contributed by atoms with E-state index in [-0.39, 0.29) is 24.5 Å². The molecule has 0 aliphatic carbocycles. The van der Waals surface area contributed by atoms with Crippen LogP contribution in [0.15, 0.2) is 18.2 Å². The van der Waals surface area contributed by atoms with Gasteiger partial charge in [-0.25, -0.2) is 0 Å². The molecule has 5 unspecified atom stereocenters. The largest absolute Gasteiger partial charge is 0.461 e. The van der Waals surface area contributed by atoms with E-state index in [1.54, 1.807) is 25.1 Å². The van der Waals surface area contributed by atoms with Crippen molar-refractivity contribution < 1.29 is 39.4 Å². The van der Waals surface area contributed by atoms with Crippen molar-refractivity contribution in [3.05, 3.63) is 23.8 Å². The van der Waals surface area contributed by atoms with Gasteiger partial charge in [-0.1, -0.05) is 13.0 Å². The van der Waals surface area contributed by atoms with E-state index in [1.807, 2.05) is 20.8 Å². The van der Waals surface area contributed by atoms with Gasteiger partial charge in [-0.15, -0.1) is 0 Å². The van der Waals surface area contributed by atoms with Crippen molar-refractivity contribution in [1.29, 1.82) is 0 Å². The molecule has 1 aromatic rings. The van der Waals surface area contributed by atoms with Crippen LogP contribution in [0, 0.1) is 0 Å². The molecule has 9 nitrogen and oxygen atoms in total. The van der Waals surface area contributed by atoms with Crippen molar-refractivity contribution in [3.8, 4) is 5.75 Å². The molecule has 1 heterocycles. The Labute approximate surface area is 170 Å². The second kappa shape index (κ2) is 9.73. The van der Waals surface area contributed by atoms with Crippen LogP contribution in [0.2, 0.25) is 0 Å². The summed E-state index contributed by atoms with van der Waals surface area (Å²) >= 11 is 0. The van der Waals surface area contributed by atoms with Crippen molar-refractivity contribution >= 4 is 11.7 Å². The molecule has 164 valence electrons. The van der Waals surface area contributed by atoms with Crippen LogP contribution < -0.4 is 10.1 Å². The molecule has 0 bridgehead atoms. The smallest absolute Gasteiger partial charge is 0.305 e. The zero-order valence-electron chi connectivity index (χ0n) is 17.2. The molecule has 1 aliphatic heterocycles. The van der Waals surface area contributed by atoms with Crippen LogP contribution in [0.1, 0.15) is 39.7 Å². The molecule has 0 radical (unpaired) electrons. The summed E-state index contributed by atoms with van der Waals surface area (Å²) in [7, 11) is 0. The molecule has 0 aromatic heterocycles. The highest BCUT2D eigenvalue weighted by Gasteiger charge is 2.44. The van der Waals surface area contributed by atoms with E-state index in [2.05, 4.69) is 5.32 Å². The molecule has 5 atom stereocenters. The minimum atomic E-state index is -1.53. The summed E-state index contributed by atoms with van der Waals surface area (Å²) in [5, 5.41) is 42.7. The first kappa shape index (κ1) is 23.4. The number of hydrogen-bond donors (Lipinski definition) is 5. The summed E-state index contributed by atoms with van der Waals surface area (Å²) in [5.74, 6) is 0.0202. The number of aliphatic hydroxyl groups is 4. The lowest BCUT2D eigenvalue weighted by atomic mass is 9.99. The van der Waals surface area contributed by atoms with Gasteiger partial charge in [0.05, 0.1) is 12.3 Å². The van der Waals surface area contributed by atoms with E-state index in [0.717, 1.165) is 5.56 Å². The molecule has 1 fully saturated rings. The molecule has 1 saturated heterocycles. The van der Waals surface area contributed by atoms with E-state index >= 15 is 0 Å². The summed E-state index contributed by atoms with van der Waals surface area (Å²) < 4.78 is 16.3. The number of rotatable bonds is 7. The molecule has 0 amide bonds. The summed E-state index contributed by atoms with van der Waals surface area (Å²) in [6, 6.07) is 5.09. The van der Waals surface area contributed by atoms with Crippen LogP contribution in [0.25, 0.3) is 0 Å². The van der Waals surface area contributed by atoms with E-state index in [4.69, 9.17) is 14.2 Å². The lowest BCUT2D eigenvalue weighted by Crippen LogP contribution is -2.60. The molecule has 29 heavy (non-hydrogen) atoms. The zero-order chi connectivity index (χ0) is 21.8. The second-order valence-corrected chi connectivity index (χ2v) is 8.03. The monoisotopic (exact) mass is 413 g/mol. The number of aliphatic hydroxyl groups excluding tert-OH is 4. The lowest BCUT2D eigenvalue weighted by Gasteiger charge is -2.40. The van der Waals surface area contributed by atoms with Crippen LogP contribution in [0.5, 0.6) is 5.75 Å². The third-order valence-electron chi connectivity index (χ3n) is 4.33. The number of carbonyl (C=O) groups excluding carboxylic acids is 1. The summed E-state index contributed by atoms with van der Waals surface area (Å²) in [5.41, 5.74) is 0.978. The van der Waals surface area contributed by atoms with E-state index < -0.39 is 37.3 Å². The Balaban J connectivity index is 2.24. The third kappa shape index (κ3) is 6.28. The van der Waals surface area contributed by atoms with E-state index in [0.29, 0.717) is 11.4 Å². The minimum Gasteiger partial charge on any atom is -0.461 e. The van der Waals surface area contributed by atoms with Crippen LogP contribution in [0.4, 0.5) is 5.69 Å². The predicted octanol–water partition coefficient (Wildman–Crippen LogP) is 0.529. The van der Waals surface area contributed by atoms with Gasteiger partial charge in [0.25, 0.3) is 0 Å². The van der Waals surface area contributed by atoms with Crippen molar-refractivity contribution in [3.63, 3.8) is 0 Å². The van der Waals surface area contributed by atoms with Crippen molar-refractivity contribution in [2.45, 2.75) is 77.0 Å². The van der Waals surface area contributed by atoms with Gasteiger partial charge in [0.15, 0.2) is 0 Å². The Morgan fingerprint density at radius 3 is 2.45 bits per heavy atom. The van der Waals surface area contributed by atoms with Gasteiger partial charge in [-0.05, 0) is 38.5 Å². The van der Waals surface area contributed by atoms with Crippen molar-refractivity contribution in [2.24, 2.45) is 0 Å².